The molecule has 0 bridgehead atoms. The monoisotopic (exact) mass is 417 g/mol. The van der Waals surface area contributed by atoms with E-state index in [9.17, 15) is 13.2 Å². The van der Waals surface area contributed by atoms with Gasteiger partial charge in [0.2, 0.25) is 0 Å². The van der Waals surface area contributed by atoms with Crippen molar-refractivity contribution in [2.75, 3.05) is 20.8 Å². The molecule has 0 aromatic heterocycles. The van der Waals surface area contributed by atoms with E-state index in [1.165, 1.54) is 26.4 Å². The molecule has 0 unspecified atom stereocenters. The SMILES string of the molecule is COc1cc(CCNC(=O)c2ccc(Cl)cc2)c(S(=O)(=O)Cl)cc1OC. The molecule has 0 heterocycles. The summed E-state index contributed by atoms with van der Waals surface area (Å²) in [5.74, 6) is 0.327. The number of ether oxygens (including phenoxy) is 2. The number of benzene rings is 2. The van der Waals surface area contributed by atoms with E-state index in [4.69, 9.17) is 31.8 Å². The molecule has 0 radical (unpaired) electrons. The van der Waals surface area contributed by atoms with E-state index in [1.807, 2.05) is 0 Å². The van der Waals surface area contributed by atoms with Crippen molar-refractivity contribution < 1.29 is 22.7 Å². The molecule has 1 N–H and O–H groups in total. The van der Waals surface area contributed by atoms with Crippen molar-refractivity contribution in [3.63, 3.8) is 0 Å². The molecule has 0 aliphatic carbocycles. The first kappa shape index (κ1) is 20.4. The van der Waals surface area contributed by atoms with Crippen LogP contribution in [0.1, 0.15) is 15.9 Å². The zero-order chi connectivity index (χ0) is 19.3. The van der Waals surface area contributed by atoms with Crippen molar-refractivity contribution in [1.82, 2.24) is 5.32 Å². The highest BCUT2D eigenvalue weighted by molar-refractivity contribution is 8.13. The summed E-state index contributed by atoms with van der Waals surface area (Å²) in [6, 6.07) is 9.26. The van der Waals surface area contributed by atoms with E-state index in [0.29, 0.717) is 21.9 Å². The third-order valence-corrected chi connectivity index (χ3v) is 5.27. The molecule has 0 aliphatic rings. The first-order valence-corrected chi connectivity index (χ1v) is 10.2. The van der Waals surface area contributed by atoms with Crippen LogP contribution in [0.3, 0.4) is 0 Å². The summed E-state index contributed by atoms with van der Waals surface area (Å²) in [6.45, 7) is 0.205. The van der Waals surface area contributed by atoms with Gasteiger partial charge in [-0.05, 0) is 42.3 Å². The lowest BCUT2D eigenvalue weighted by Crippen LogP contribution is -2.26. The Kier molecular flexibility index (Phi) is 6.75. The lowest BCUT2D eigenvalue weighted by molar-refractivity contribution is 0.0954. The maximum Gasteiger partial charge on any atom is 0.261 e. The Morgan fingerprint density at radius 3 is 2.19 bits per heavy atom. The van der Waals surface area contributed by atoms with Crippen LogP contribution in [0.2, 0.25) is 5.02 Å². The van der Waals surface area contributed by atoms with E-state index < -0.39 is 9.05 Å². The number of hydrogen-bond donors (Lipinski definition) is 1. The molecule has 2 rings (SSSR count). The average molecular weight is 418 g/mol. The minimum Gasteiger partial charge on any atom is -0.493 e. The Labute approximate surface area is 161 Å². The van der Waals surface area contributed by atoms with Crippen LogP contribution in [0.4, 0.5) is 0 Å². The minimum absolute atomic E-state index is 0.0856. The summed E-state index contributed by atoms with van der Waals surface area (Å²) in [6.07, 6.45) is 0.237. The lowest BCUT2D eigenvalue weighted by Gasteiger charge is -2.13. The van der Waals surface area contributed by atoms with Gasteiger partial charge in [-0.1, -0.05) is 11.6 Å². The molecule has 2 aromatic rings. The number of carbonyl (C=O) groups excluding carboxylic acids is 1. The van der Waals surface area contributed by atoms with Crippen molar-refractivity contribution in [1.29, 1.82) is 0 Å². The molecule has 0 fully saturated rings. The van der Waals surface area contributed by atoms with Crippen molar-refractivity contribution in [2.45, 2.75) is 11.3 Å². The summed E-state index contributed by atoms with van der Waals surface area (Å²) >= 11 is 5.79. The molecule has 0 saturated carbocycles. The molecule has 6 nitrogen and oxygen atoms in total. The fourth-order valence-corrected chi connectivity index (χ4v) is 3.62. The van der Waals surface area contributed by atoms with Gasteiger partial charge in [0.1, 0.15) is 0 Å². The number of nitrogens with one attached hydrogen (secondary N) is 1. The van der Waals surface area contributed by atoms with Gasteiger partial charge in [0.15, 0.2) is 11.5 Å². The molecule has 0 saturated heterocycles. The highest BCUT2D eigenvalue weighted by atomic mass is 35.7. The molecule has 1 amide bonds. The van der Waals surface area contributed by atoms with Crippen molar-refractivity contribution in [2.24, 2.45) is 0 Å². The van der Waals surface area contributed by atoms with Crippen molar-refractivity contribution in [3.05, 3.63) is 52.5 Å². The van der Waals surface area contributed by atoms with Crippen LogP contribution < -0.4 is 14.8 Å². The molecule has 2 aromatic carbocycles. The van der Waals surface area contributed by atoms with Gasteiger partial charge in [0.25, 0.3) is 15.0 Å². The fraction of sp³-hybridized carbons (Fsp3) is 0.235. The predicted octanol–water partition coefficient (Wildman–Crippen LogP) is 3.26. The largest absolute Gasteiger partial charge is 0.493 e. The van der Waals surface area contributed by atoms with E-state index in [1.54, 1.807) is 24.3 Å². The van der Waals surface area contributed by atoms with Crippen molar-refractivity contribution >= 4 is 37.2 Å². The molecule has 0 atom stereocenters. The Morgan fingerprint density at radius 2 is 1.65 bits per heavy atom. The Morgan fingerprint density at radius 1 is 1.08 bits per heavy atom. The first-order valence-electron chi connectivity index (χ1n) is 7.49. The Bertz CT molecular complexity index is 898. The molecular formula is C17H17Cl2NO5S. The van der Waals surface area contributed by atoms with Gasteiger partial charge in [-0.25, -0.2) is 8.42 Å². The Balaban J connectivity index is 2.17. The van der Waals surface area contributed by atoms with Crippen LogP contribution in [-0.4, -0.2) is 35.1 Å². The smallest absolute Gasteiger partial charge is 0.261 e. The third-order valence-electron chi connectivity index (χ3n) is 3.62. The summed E-state index contributed by atoms with van der Waals surface area (Å²) < 4.78 is 34.0. The van der Waals surface area contributed by atoms with Crippen molar-refractivity contribution in [3.8, 4) is 11.5 Å². The normalized spacial score (nSPS) is 11.1. The number of halogens is 2. The summed E-state index contributed by atoms with van der Waals surface area (Å²) in [4.78, 5) is 12.0. The van der Waals surface area contributed by atoms with E-state index in [2.05, 4.69) is 5.32 Å². The average Bonchev–Trinajstić information content (AvgIpc) is 2.60. The zero-order valence-corrected chi connectivity index (χ0v) is 16.4. The van der Waals surface area contributed by atoms with Gasteiger partial charge < -0.3 is 14.8 Å². The van der Waals surface area contributed by atoms with E-state index in [-0.39, 0.29) is 29.5 Å². The molecule has 140 valence electrons. The lowest BCUT2D eigenvalue weighted by atomic mass is 10.1. The number of amides is 1. The first-order chi connectivity index (χ1) is 12.3. The van der Waals surface area contributed by atoms with Crippen LogP contribution >= 0.6 is 22.3 Å². The topological polar surface area (TPSA) is 81.7 Å². The van der Waals surface area contributed by atoms with Gasteiger partial charge in [0, 0.05) is 33.9 Å². The van der Waals surface area contributed by atoms with E-state index >= 15 is 0 Å². The maximum absolute atomic E-state index is 12.1. The number of hydrogen-bond acceptors (Lipinski definition) is 5. The van der Waals surface area contributed by atoms with Crippen LogP contribution in [0.5, 0.6) is 11.5 Å². The fourth-order valence-electron chi connectivity index (χ4n) is 2.34. The standard InChI is InChI=1S/C17H17Cl2NO5S/c1-24-14-9-12(16(26(19,22)23)10-15(14)25-2)7-8-20-17(21)11-3-5-13(18)6-4-11/h3-6,9-10H,7-8H2,1-2H3,(H,20,21). The quantitative estimate of drug-likeness (QED) is 0.699. The summed E-state index contributed by atoms with van der Waals surface area (Å²) in [5, 5.41) is 3.25. The second kappa shape index (κ2) is 8.62. The minimum atomic E-state index is -3.99. The maximum atomic E-state index is 12.1. The molecule has 0 aliphatic heterocycles. The number of methoxy groups -OCH3 is 2. The second-order valence-corrected chi connectivity index (χ2v) is 8.24. The zero-order valence-electron chi connectivity index (χ0n) is 14.1. The second-order valence-electron chi connectivity index (χ2n) is 5.27. The summed E-state index contributed by atoms with van der Waals surface area (Å²) in [5.41, 5.74) is 0.862. The van der Waals surface area contributed by atoms with Crippen LogP contribution in [0.15, 0.2) is 41.3 Å². The van der Waals surface area contributed by atoms with Crippen LogP contribution in [0, 0.1) is 0 Å². The molecule has 9 heteroatoms. The predicted molar refractivity (Wildman–Crippen MR) is 100 cm³/mol. The van der Waals surface area contributed by atoms with Gasteiger partial charge >= 0.3 is 0 Å². The number of rotatable bonds is 7. The molecule has 26 heavy (non-hydrogen) atoms. The molecule has 0 spiro atoms. The highest BCUT2D eigenvalue weighted by Crippen LogP contribution is 2.34. The Hall–Kier alpha value is -1.96. The van der Waals surface area contributed by atoms with Crippen LogP contribution in [0.25, 0.3) is 0 Å². The van der Waals surface area contributed by atoms with Gasteiger partial charge in [-0.2, -0.15) is 0 Å². The summed E-state index contributed by atoms with van der Waals surface area (Å²) in [7, 11) is 4.37. The van der Waals surface area contributed by atoms with Gasteiger partial charge in [-0.3, -0.25) is 4.79 Å². The third kappa shape index (κ3) is 5.03. The number of carbonyl (C=O) groups is 1. The van der Waals surface area contributed by atoms with Gasteiger partial charge in [0.05, 0.1) is 19.1 Å². The van der Waals surface area contributed by atoms with E-state index in [0.717, 1.165) is 0 Å². The molecular weight excluding hydrogens is 401 g/mol. The van der Waals surface area contributed by atoms with Crippen LogP contribution in [-0.2, 0) is 15.5 Å². The van der Waals surface area contributed by atoms with Gasteiger partial charge in [-0.15, -0.1) is 0 Å². The highest BCUT2D eigenvalue weighted by Gasteiger charge is 2.20.